The number of benzene rings is 2. The monoisotopic (exact) mass is 393 g/mol. The number of aryl methyl sites for hydroxylation is 1. The predicted molar refractivity (Wildman–Crippen MR) is 97.3 cm³/mol. The van der Waals surface area contributed by atoms with E-state index in [0.29, 0.717) is 17.2 Å². The van der Waals surface area contributed by atoms with Crippen molar-refractivity contribution in [3.8, 4) is 17.2 Å². The lowest BCUT2D eigenvalue weighted by molar-refractivity contribution is -0.115. The average molecular weight is 394 g/mol. The minimum atomic E-state index is -0.133. The molecule has 128 valence electrons. The molecule has 0 saturated carbocycles. The van der Waals surface area contributed by atoms with Crippen LogP contribution < -0.4 is 19.5 Å². The smallest absolute Gasteiger partial charge is 0.228 e. The van der Waals surface area contributed by atoms with Crippen molar-refractivity contribution in [3.63, 3.8) is 0 Å². The summed E-state index contributed by atoms with van der Waals surface area (Å²) in [5, 5.41) is 2.92. The van der Waals surface area contributed by atoms with Gasteiger partial charge in [0.1, 0.15) is 0 Å². The van der Waals surface area contributed by atoms with Crippen LogP contribution in [0.15, 0.2) is 34.8 Å². The van der Waals surface area contributed by atoms with Crippen molar-refractivity contribution in [2.75, 3.05) is 26.6 Å². The number of carbonyl (C=O) groups excluding carboxylic acids is 1. The highest BCUT2D eigenvalue weighted by Crippen LogP contribution is 2.40. The van der Waals surface area contributed by atoms with Crippen LogP contribution in [-0.4, -0.2) is 27.2 Å². The summed E-state index contributed by atoms with van der Waals surface area (Å²) >= 11 is 3.41. The Morgan fingerprint density at radius 1 is 1.04 bits per heavy atom. The highest BCUT2D eigenvalue weighted by Gasteiger charge is 2.18. The van der Waals surface area contributed by atoms with Gasteiger partial charge in [-0.05, 0) is 36.8 Å². The third-order valence-corrected chi connectivity index (χ3v) is 4.09. The normalized spacial score (nSPS) is 10.2. The van der Waals surface area contributed by atoms with Gasteiger partial charge in [-0.25, -0.2) is 0 Å². The summed E-state index contributed by atoms with van der Waals surface area (Å²) in [6, 6.07) is 9.26. The number of rotatable bonds is 6. The van der Waals surface area contributed by atoms with E-state index in [9.17, 15) is 4.79 Å². The fraction of sp³-hybridized carbons (Fsp3) is 0.278. The van der Waals surface area contributed by atoms with E-state index in [2.05, 4.69) is 21.2 Å². The van der Waals surface area contributed by atoms with E-state index in [4.69, 9.17) is 14.2 Å². The van der Waals surface area contributed by atoms with E-state index in [-0.39, 0.29) is 12.3 Å². The third-order valence-electron chi connectivity index (χ3n) is 3.60. The lowest BCUT2D eigenvalue weighted by atomic mass is 10.1. The lowest BCUT2D eigenvalue weighted by Gasteiger charge is -2.16. The van der Waals surface area contributed by atoms with Crippen LogP contribution >= 0.6 is 15.9 Å². The zero-order chi connectivity index (χ0) is 17.7. The first-order chi connectivity index (χ1) is 11.5. The SMILES string of the molecule is COc1ccc(CC(=O)Nc2ccc(Br)cc2C)c(OC)c1OC. The van der Waals surface area contributed by atoms with Gasteiger partial charge in [-0.2, -0.15) is 0 Å². The van der Waals surface area contributed by atoms with Gasteiger partial charge in [0.15, 0.2) is 11.5 Å². The van der Waals surface area contributed by atoms with Crippen LogP contribution in [0.3, 0.4) is 0 Å². The molecule has 0 spiro atoms. The lowest BCUT2D eigenvalue weighted by Crippen LogP contribution is -2.16. The van der Waals surface area contributed by atoms with Gasteiger partial charge in [-0.15, -0.1) is 0 Å². The number of halogens is 1. The van der Waals surface area contributed by atoms with Gasteiger partial charge in [0, 0.05) is 15.7 Å². The fourth-order valence-electron chi connectivity index (χ4n) is 2.44. The van der Waals surface area contributed by atoms with E-state index >= 15 is 0 Å². The highest BCUT2D eigenvalue weighted by molar-refractivity contribution is 9.10. The summed E-state index contributed by atoms with van der Waals surface area (Å²) < 4.78 is 17.0. The van der Waals surface area contributed by atoms with Crippen molar-refractivity contribution in [2.24, 2.45) is 0 Å². The number of ether oxygens (including phenoxy) is 3. The Balaban J connectivity index is 2.22. The molecule has 0 aromatic heterocycles. The van der Waals surface area contributed by atoms with Crippen molar-refractivity contribution in [2.45, 2.75) is 13.3 Å². The number of anilines is 1. The summed E-state index contributed by atoms with van der Waals surface area (Å²) in [6.45, 7) is 1.94. The molecule has 0 heterocycles. The standard InChI is InChI=1S/C18H20BrNO4/c1-11-9-13(19)6-7-14(11)20-16(21)10-12-5-8-15(22-2)18(24-4)17(12)23-3/h5-9H,10H2,1-4H3,(H,20,21). The molecule has 1 amide bonds. The number of hydrogen-bond donors (Lipinski definition) is 1. The molecular weight excluding hydrogens is 374 g/mol. The van der Waals surface area contributed by atoms with Gasteiger partial charge in [-0.1, -0.05) is 22.0 Å². The maximum Gasteiger partial charge on any atom is 0.228 e. The molecule has 5 nitrogen and oxygen atoms in total. The first kappa shape index (κ1) is 18.1. The average Bonchev–Trinajstić information content (AvgIpc) is 2.56. The molecule has 0 bridgehead atoms. The molecule has 0 fully saturated rings. The Kier molecular flexibility index (Phi) is 6.09. The molecule has 2 aromatic carbocycles. The van der Waals surface area contributed by atoms with E-state index in [1.807, 2.05) is 25.1 Å². The molecule has 0 aliphatic carbocycles. The minimum absolute atomic E-state index is 0.133. The van der Waals surface area contributed by atoms with Gasteiger partial charge in [0.25, 0.3) is 0 Å². The van der Waals surface area contributed by atoms with Crippen molar-refractivity contribution < 1.29 is 19.0 Å². The number of hydrogen-bond acceptors (Lipinski definition) is 4. The molecule has 2 aromatic rings. The van der Waals surface area contributed by atoms with Crippen LogP contribution in [-0.2, 0) is 11.2 Å². The van der Waals surface area contributed by atoms with Crippen LogP contribution in [0.2, 0.25) is 0 Å². The summed E-state index contributed by atoms with van der Waals surface area (Å²) in [6.07, 6.45) is 0.166. The summed E-state index contributed by atoms with van der Waals surface area (Å²) in [5.74, 6) is 1.40. The van der Waals surface area contributed by atoms with E-state index in [1.54, 1.807) is 19.2 Å². The largest absolute Gasteiger partial charge is 0.493 e. The zero-order valence-corrected chi connectivity index (χ0v) is 15.7. The fourth-order valence-corrected chi connectivity index (χ4v) is 2.91. The van der Waals surface area contributed by atoms with Gasteiger partial charge in [0.05, 0.1) is 27.8 Å². The van der Waals surface area contributed by atoms with Crippen molar-refractivity contribution >= 4 is 27.5 Å². The molecule has 2 rings (SSSR count). The molecule has 1 N–H and O–H groups in total. The third kappa shape index (κ3) is 4.00. The molecule has 6 heteroatoms. The van der Waals surface area contributed by atoms with Crippen LogP contribution in [0.1, 0.15) is 11.1 Å². The molecule has 0 atom stereocenters. The number of methoxy groups -OCH3 is 3. The minimum Gasteiger partial charge on any atom is -0.493 e. The van der Waals surface area contributed by atoms with Crippen LogP contribution in [0.4, 0.5) is 5.69 Å². The molecule has 0 aliphatic heterocycles. The Bertz CT molecular complexity index is 746. The van der Waals surface area contributed by atoms with E-state index in [1.165, 1.54) is 14.2 Å². The Morgan fingerprint density at radius 3 is 2.33 bits per heavy atom. The summed E-state index contributed by atoms with van der Waals surface area (Å²) in [7, 11) is 4.63. The Labute approximate surface area is 150 Å². The van der Waals surface area contributed by atoms with Crippen molar-refractivity contribution in [3.05, 3.63) is 45.9 Å². The topological polar surface area (TPSA) is 56.8 Å². The van der Waals surface area contributed by atoms with E-state index < -0.39 is 0 Å². The van der Waals surface area contributed by atoms with Crippen molar-refractivity contribution in [1.82, 2.24) is 0 Å². The van der Waals surface area contributed by atoms with E-state index in [0.717, 1.165) is 21.3 Å². The maximum absolute atomic E-state index is 12.4. The maximum atomic E-state index is 12.4. The predicted octanol–water partition coefficient (Wildman–Crippen LogP) is 3.96. The zero-order valence-electron chi connectivity index (χ0n) is 14.1. The summed E-state index contributed by atoms with van der Waals surface area (Å²) in [4.78, 5) is 12.4. The number of amides is 1. The Morgan fingerprint density at radius 2 is 1.75 bits per heavy atom. The molecule has 0 aliphatic rings. The Hall–Kier alpha value is -2.21. The van der Waals surface area contributed by atoms with Crippen LogP contribution in [0.25, 0.3) is 0 Å². The number of nitrogens with one attached hydrogen (secondary N) is 1. The second-order valence-corrected chi connectivity index (χ2v) is 6.09. The second-order valence-electron chi connectivity index (χ2n) is 5.18. The second kappa shape index (κ2) is 8.06. The molecular formula is C18H20BrNO4. The molecule has 24 heavy (non-hydrogen) atoms. The van der Waals surface area contributed by atoms with Gasteiger partial charge >= 0.3 is 0 Å². The highest BCUT2D eigenvalue weighted by atomic mass is 79.9. The summed E-state index contributed by atoms with van der Waals surface area (Å²) in [5.41, 5.74) is 2.49. The van der Waals surface area contributed by atoms with Gasteiger partial charge < -0.3 is 19.5 Å². The number of carbonyl (C=O) groups is 1. The van der Waals surface area contributed by atoms with Gasteiger partial charge in [-0.3, -0.25) is 4.79 Å². The first-order valence-corrected chi connectivity index (χ1v) is 8.13. The first-order valence-electron chi connectivity index (χ1n) is 7.34. The van der Waals surface area contributed by atoms with Crippen molar-refractivity contribution in [1.29, 1.82) is 0 Å². The quantitative estimate of drug-likeness (QED) is 0.806. The molecule has 0 unspecified atom stereocenters. The van der Waals surface area contributed by atoms with Crippen LogP contribution in [0.5, 0.6) is 17.2 Å². The van der Waals surface area contributed by atoms with Gasteiger partial charge in [0.2, 0.25) is 11.7 Å². The molecule has 0 saturated heterocycles. The van der Waals surface area contributed by atoms with Crippen LogP contribution in [0, 0.1) is 6.92 Å². The molecule has 0 radical (unpaired) electrons.